The number of nitrogens with zero attached hydrogens (tertiary/aromatic N) is 4. The molecule has 1 atom stereocenters. The highest BCUT2D eigenvalue weighted by Crippen LogP contribution is 2.25. The first-order valence-corrected chi connectivity index (χ1v) is 10.2. The lowest BCUT2D eigenvalue weighted by molar-refractivity contribution is -0.126. The third-order valence-corrected chi connectivity index (χ3v) is 5.68. The van der Waals surface area contributed by atoms with E-state index in [4.69, 9.17) is 0 Å². The van der Waals surface area contributed by atoms with Gasteiger partial charge in [-0.25, -0.2) is 0 Å². The van der Waals surface area contributed by atoms with Gasteiger partial charge in [0.25, 0.3) is 0 Å². The number of carbonyl (C=O) groups excluding carboxylic acids is 2. The van der Waals surface area contributed by atoms with Gasteiger partial charge in [0.1, 0.15) is 11.6 Å². The van der Waals surface area contributed by atoms with Crippen LogP contribution in [0.25, 0.3) is 0 Å². The van der Waals surface area contributed by atoms with Gasteiger partial charge in [-0.1, -0.05) is 24.1 Å². The van der Waals surface area contributed by atoms with Crippen molar-refractivity contribution in [2.24, 2.45) is 5.92 Å². The summed E-state index contributed by atoms with van der Waals surface area (Å²) >= 11 is 0. The van der Waals surface area contributed by atoms with Crippen LogP contribution >= 0.6 is 0 Å². The summed E-state index contributed by atoms with van der Waals surface area (Å²) < 4.78 is 2.21. The van der Waals surface area contributed by atoms with Crippen LogP contribution in [0.3, 0.4) is 0 Å². The van der Waals surface area contributed by atoms with E-state index in [-0.39, 0.29) is 24.2 Å². The zero-order valence-corrected chi connectivity index (χ0v) is 16.4. The third-order valence-electron chi connectivity index (χ3n) is 5.68. The van der Waals surface area contributed by atoms with E-state index in [9.17, 15) is 9.59 Å². The number of hydrogen-bond acceptors (Lipinski definition) is 4. The smallest absolute Gasteiger partial charge is 0.227 e. The quantitative estimate of drug-likeness (QED) is 0.859. The van der Waals surface area contributed by atoms with Crippen LogP contribution in [0.4, 0.5) is 5.69 Å². The summed E-state index contributed by atoms with van der Waals surface area (Å²) in [6.45, 7) is 3.94. The van der Waals surface area contributed by atoms with Crippen molar-refractivity contribution in [3.8, 4) is 0 Å². The van der Waals surface area contributed by atoms with Gasteiger partial charge in [0.15, 0.2) is 0 Å². The number of aromatic nitrogens is 3. The van der Waals surface area contributed by atoms with E-state index in [0.717, 1.165) is 42.3 Å². The summed E-state index contributed by atoms with van der Waals surface area (Å²) in [4.78, 5) is 26.6. The van der Waals surface area contributed by atoms with Crippen LogP contribution in [-0.4, -0.2) is 39.7 Å². The number of benzene rings is 1. The topological polar surface area (TPSA) is 80.1 Å². The van der Waals surface area contributed by atoms with Crippen molar-refractivity contribution in [2.45, 2.75) is 52.0 Å². The molecule has 3 heterocycles. The number of nitrogens with one attached hydrogen (secondary N) is 1. The van der Waals surface area contributed by atoms with E-state index in [2.05, 4.69) is 20.1 Å². The molecule has 2 amide bonds. The fraction of sp³-hybridized carbons (Fsp3) is 0.524. The average molecular weight is 381 g/mol. The van der Waals surface area contributed by atoms with E-state index in [1.54, 1.807) is 4.90 Å². The Morgan fingerprint density at radius 1 is 1.18 bits per heavy atom. The van der Waals surface area contributed by atoms with Gasteiger partial charge in [0, 0.05) is 44.6 Å². The molecule has 1 aromatic carbocycles. The van der Waals surface area contributed by atoms with Crippen molar-refractivity contribution < 1.29 is 9.59 Å². The molecule has 0 radical (unpaired) electrons. The second-order valence-electron chi connectivity index (χ2n) is 7.78. The zero-order chi connectivity index (χ0) is 19.5. The molecule has 0 bridgehead atoms. The van der Waals surface area contributed by atoms with Crippen LogP contribution in [0, 0.1) is 12.8 Å². The van der Waals surface area contributed by atoms with Crippen LogP contribution in [0.15, 0.2) is 24.3 Å². The number of aryl methyl sites for hydroxylation is 2. The highest BCUT2D eigenvalue weighted by Gasteiger charge is 2.34. The Morgan fingerprint density at radius 2 is 2.00 bits per heavy atom. The number of anilines is 1. The molecule has 2 aromatic rings. The summed E-state index contributed by atoms with van der Waals surface area (Å²) in [5, 5.41) is 11.6. The molecule has 7 heteroatoms. The van der Waals surface area contributed by atoms with Gasteiger partial charge in [-0.2, -0.15) is 0 Å². The number of hydrogen-bond donors (Lipinski definition) is 1. The van der Waals surface area contributed by atoms with E-state index in [0.29, 0.717) is 19.5 Å². The molecule has 1 saturated heterocycles. The van der Waals surface area contributed by atoms with Crippen LogP contribution < -0.4 is 10.2 Å². The lowest BCUT2D eigenvalue weighted by Crippen LogP contribution is -2.34. The summed E-state index contributed by atoms with van der Waals surface area (Å²) in [7, 11) is 0. The van der Waals surface area contributed by atoms with E-state index >= 15 is 0 Å². The number of fused-ring (bicyclic) bond motifs is 1. The Morgan fingerprint density at radius 3 is 2.82 bits per heavy atom. The van der Waals surface area contributed by atoms with Crippen molar-refractivity contribution in [2.75, 3.05) is 18.0 Å². The Hall–Kier alpha value is -2.70. The summed E-state index contributed by atoms with van der Waals surface area (Å²) in [5.74, 6) is 1.66. The lowest BCUT2D eigenvalue weighted by atomic mass is 10.1. The van der Waals surface area contributed by atoms with Crippen molar-refractivity contribution in [3.05, 3.63) is 41.5 Å². The fourth-order valence-corrected chi connectivity index (χ4v) is 4.03. The van der Waals surface area contributed by atoms with Crippen LogP contribution in [-0.2, 0) is 29.0 Å². The average Bonchev–Trinajstić information content (AvgIpc) is 3.17. The predicted octanol–water partition coefficient (Wildman–Crippen LogP) is 2.02. The minimum absolute atomic E-state index is 0.00628. The van der Waals surface area contributed by atoms with Gasteiger partial charge >= 0.3 is 0 Å². The first-order chi connectivity index (χ1) is 13.6. The fourth-order valence-electron chi connectivity index (χ4n) is 4.03. The Balaban J connectivity index is 1.30. The van der Waals surface area contributed by atoms with Crippen LogP contribution in [0.1, 0.15) is 42.9 Å². The first kappa shape index (κ1) is 18.7. The molecule has 1 aromatic heterocycles. The monoisotopic (exact) mass is 381 g/mol. The normalized spacial score (nSPS) is 19.4. The molecular weight excluding hydrogens is 354 g/mol. The molecule has 1 N–H and O–H groups in total. The van der Waals surface area contributed by atoms with Crippen molar-refractivity contribution in [1.82, 2.24) is 20.1 Å². The molecule has 2 aliphatic rings. The standard InChI is InChI=1S/C21H27N5O2/c1-15-6-8-17(9-7-15)26-14-16(13-20(26)27)21(28)22-11-10-19-24-23-18-5-3-2-4-12-25(18)19/h6-9,16H,2-5,10-14H2,1H3,(H,22,28). The molecular formula is C21H27N5O2. The van der Waals surface area contributed by atoms with Crippen LogP contribution in [0.5, 0.6) is 0 Å². The Kier molecular flexibility index (Phi) is 5.41. The highest BCUT2D eigenvalue weighted by atomic mass is 16.2. The van der Waals surface area contributed by atoms with Gasteiger partial charge in [0.2, 0.25) is 11.8 Å². The predicted molar refractivity (Wildman–Crippen MR) is 106 cm³/mol. The molecule has 28 heavy (non-hydrogen) atoms. The van der Waals surface area contributed by atoms with Gasteiger partial charge < -0.3 is 14.8 Å². The van der Waals surface area contributed by atoms with Gasteiger partial charge in [-0.05, 0) is 31.9 Å². The molecule has 4 rings (SSSR count). The van der Waals surface area contributed by atoms with Crippen molar-refractivity contribution in [1.29, 1.82) is 0 Å². The molecule has 1 fully saturated rings. The van der Waals surface area contributed by atoms with Gasteiger partial charge in [0.05, 0.1) is 5.92 Å². The highest BCUT2D eigenvalue weighted by molar-refractivity contribution is 6.00. The molecule has 7 nitrogen and oxygen atoms in total. The summed E-state index contributed by atoms with van der Waals surface area (Å²) in [5.41, 5.74) is 2.01. The van der Waals surface area contributed by atoms with E-state index < -0.39 is 0 Å². The second-order valence-corrected chi connectivity index (χ2v) is 7.78. The molecule has 148 valence electrons. The molecule has 1 unspecified atom stereocenters. The minimum atomic E-state index is -0.302. The number of rotatable bonds is 5. The maximum atomic E-state index is 12.6. The van der Waals surface area contributed by atoms with Crippen molar-refractivity contribution >= 4 is 17.5 Å². The summed E-state index contributed by atoms with van der Waals surface area (Å²) in [6, 6.07) is 7.84. The summed E-state index contributed by atoms with van der Waals surface area (Å²) in [6.07, 6.45) is 5.47. The number of carbonyl (C=O) groups is 2. The molecule has 0 spiro atoms. The largest absolute Gasteiger partial charge is 0.355 e. The second kappa shape index (κ2) is 8.12. The molecule has 0 aliphatic carbocycles. The molecule has 0 saturated carbocycles. The van der Waals surface area contributed by atoms with E-state index in [1.165, 1.54) is 12.8 Å². The Bertz CT molecular complexity index is 858. The van der Waals surface area contributed by atoms with Gasteiger partial charge in [-0.15, -0.1) is 10.2 Å². The molecule has 2 aliphatic heterocycles. The van der Waals surface area contributed by atoms with Crippen LogP contribution in [0.2, 0.25) is 0 Å². The SMILES string of the molecule is Cc1ccc(N2CC(C(=O)NCCc3nnc4n3CCCCC4)CC2=O)cc1. The first-order valence-electron chi connectivity index (χ1n) is 10.2. The minimum Gasteiger partial charge on any atom is -0.355 e. The Labute approximate surface area is 165 Å². The third kappa shape index (κ3) is 3.93. The van der Waals surface area contributed by atoms with E-state index in [1.807, 2.05) is 31.2 Å². The number of amides is 2. The maximum absolute atomic E-state index is 12.6. The van der Waals surface area contributed by atoms with Gasteiger partial charge in [-0.3, -0.25) is 9.59 Å². The zero-order valence-electron chi connectivity index (χ0n) is 16.4. The lowest BCUT2D eigenvalue weighted by Gasteiger charge is -2.17. The maximum Gasteiger partial charge on any atom is 0.227 e. The van der Waals surface area contributed by atoms with Crippen molar-refractivity contribution in [3.63, 3.8) is 0 Å².